The Morgan fingerprint density at radius 1 is 1.05 bits per heavy atom. The van der Waals surface area contributed by atoms with Gasteiger partial charge in [0.15, 0.2) is 0 Å². The van der Waals surface area contributed by atoms with Crippen LogP contribution in [0.1, 0.15) is 29.5 Å². The molecule has 0 N–H and O–H groups in total. The van der Waals surface area contributed by atoms with Crippen molar-refractivity contribution < 1.29 is 0 Å². The molecular weight excluding hydrogens is 268 g/mol. The fraction of sp³-hybridized carbons (Fsp3) is 0.250. The van der Waals surface area contributed by atoms with Crippen molar-refractivity contribution in [2.75, 3.05) is 13.1 Å². The lowest BCUT2D eigenvalue weighted by Crippen LogP contribution is -2.30. The standard InChI is InChI=1S/C20H20N2/c21-14-18-10-8-17(9-11-18)13-20-7-4-12-22(16-20)15-19-5-2-1-3-6-19/h1-3,5-6,8-11,13H,4,7,12,15-16H2/b20-13-. The molecule has 1 fully saturated rings. The number of nitriles is 1. The number of hydrogen-bond acceptors (Lipinski definition) is 2. The van der Waals surface area contributed by atoms with E-state index >= 15 is 0 Å². The molecule has 2 aromatic rings. The molecule has 0 aliphatic carbocycles. The molecule has 0 atom stereocenters. The molecule has 110 valence electrons. The Balaban J connectivity index is 1.67. The summed E-state index contributed by atoms with van der Waals surface area (Å²) in [6.45, 7) is 3.22. The second-order valence-corrected chi connectivity index (χ2v) is 5.84. The summed E-state index contributed by atoms with van der Waals surface area (Å²) < 4.78 is 0. The third kappa shape index (κ3) is 3.84. The van der Waals surface area contributed by atoms with E-state index in [0.29, 0.717) is 0 Å². The SMILES string of the molecule is N#Cc1ccc(/C=C2/CCCN(Cc3ccccc3)C2)cc1. The number of likely N-dealkylation sites (tertiary alicyclic amines) is 1. The quantitative estimate of drug-likeness (QED) is 0.844. The normalized spacial score (nSPS) is 17.3. The van der Waals surface area contributed by atoms with Crippen LogP contribution < -0.4 is 0 Å². The van der Waals surface area contributed by atoms with Gasteiger partial charge in [0.25, 0.3) is 0 Å². The molecule has 1 saturated heterocycles. The van der Waals surface area contributed by atoms with Gasteiger partial charge in [-0.25, -0.2) is 0 Å². The molecule has 2 nitrogen and oxygen atoms in total. The van der Waals surface area contributed by atoms with Gasteiger partial charge in [-0.05, 0) is 42.6 Å². The van der Waals surface area contributed by atoms with Gasteiger partial charge < -0.3 is 0 Å². The summed E-state index contributed by atoms with van der Waals surface area (Å²) in [5.74, 6) is 0. The van der Waals surface area contributed by atoms with Crippen LogP contribution in [0.4, 0.5) is 0 Å². The minimum atomic E-state index is 0.719. The maximum absolute atomic E-state index is 8.85. The van der Waals surface area contributed by atoms with E-state index in [2.05, 4.69) is 47.4 Å². The van der Waals surface area contributed by atoms with Crippen LogP contribution >= 0.6 is 0 Å². The van der Waals surface area contributed by atoms with Gasteiger partial charge >= 0.3 is 0 Å². The van der Waals surface area contributed by atoms with Gasteiger partial charge in [-0.1, -0.05) is 54.1 Å². The average molecular weight is 288 g/mol. The Bertz CT molecular complexity index is 678. The molecule has 0 amide bonds. The van der Waals surface area contributed by atoms with E-state index in [9.17, 15) is 0 Å². The summed E-state index contributed by atoms with van der Waals surface area (Å²) in [5, 5.41) is 8.85. The Morgan fingerprint density at radius 2 is 1.82 bits per heavy atom. The lowest BCUT2D eigenvalue weighted by molar-refractivity contribution is 0.259. The highest BCUT2D eigenvalue weighted by atomic mass is 15.1. The van der Waals surface area contributed by atoms with Gasteiger partial charge in [-0.15, -0.1) is 0 Å². The number of hydrogen-bond donors (Lipinski definition) is 0. The molecule has 1 aliphatic heterocycles. The van der Waals surface area contributed by atoms with Crippen LogP contribution in [0.3, 0.4) is 0 Å². The van der Waals surface area contributed by atoms with Gasteiger partial charge in [-0.3, -0.25) is 4.90 Å². The Morgan fingerprint density at radius 3 is 2.55 bits per heavy atom. The molecule has 0 saturated carbocycles. The van der Waals surface area contributed by atoms with E-state index < -0.39 is 0 Å². The summed E-state index contributed by atoms with van der Waals surface area (Å²) >= 11 is 0. The fourth-order valence-electron chi connectivity index (χ4n) is 2.96. The highest BCUT2D eigenvalue weighted by Crippen LogP contribution is 2.20. The molecule has 2 aromatic carbocycles. The zero-order valence-electron chi connectivity index (χ0n) is 12.7. The van der Waals surface area contributed by atoms with Crippen molar-refractivity contribution in [2.45, 2.75) is 19.4 Å². The first-order chi connectivity index (χ1) is 10.8. The van der Waals surface area contributed by atoms with Crippen molar-refractivity contribution in [1.82, 2.24) is 4.90 Å². The van der Waals surface area contributed by atoms with Gasteiger partial charge in [0.05, 0.1) is 11.6 Å². The van der Waals surface area contributed by atoms with E-state index in [1.165, 1.54) is 36.1 Å². The smallest absolute Gasteiger partial charge is 0.0991 e. The fourth-order valence-corrected chi connectivity index (χ4v) is 2.96. The van der Waals surface area contributed by atoms with Crippen LogP contribution in [0, 0.1) is 11.3 Å². The van der Waals surface area contributed by atoms with E-state index in [4.69, 9.17) is 5.26 Å². The third-order valence-electron chi connectivity index (χ3n) is 4.06. The maximum atomic E-state index is 8.85. The van der Waals surface area contributed by atoms with E-state index in [0.717, 1.165) is 18.7 Å². The molecule has 0 unspecified atom stereocenters. The van der Waals surface area contributed by atoms with Gasteiger partial charge in [0.1, 0.15) is 0 Å². The van der Waals surface area contributed by atoms with Crippen LogP contribution in [0.15, 0.2) is 60.2 Å². The molecule has 1 aliphatic rings. The third-order valence-corrected chi connectivity index (χ3v) is 4.06. The molecule has 0 aromatic heterocycles. The topological polar surface area (TPSA) is 27.0 Å². The summed E-state index contributed by atoms with van der Waals surface area (Å²) in [7, 11) is 0. The predicted molar refractivity (Wildman–Crippen MR) is 90.1 cm³/mol. The molecular formula is C20H20N2. The zero-order valence-corrected chi connectivity index (χ0v) is 12.7. The Kier molecular flexibility index (Phi) is 4.68. The van der Waals surface area contributed by atoms with Crippen molar-refractivity contribution in [3.63, 3.8) is 0 Å². The second-order valence-electron chi connectivity index (χ2n) is 5.84. The molecule has 0 spiro atoms. The van der Waals surface area contributed by atoms with Crippen LogP contribution in [0.5, 0.6) is 0 Å². The van der Waals surface area contributed by atoms with Crippen molar-refractivity contribution in [2.24, 2.45) is 0 Å². The van der Waals surface area contributed by atoms with Gasteiger partial charge in [0.2, 0.25) is 0 Å². The molecule has 2 heteroatoms. The minimum absolute atomic E-state index is 0.719. The molecule has 0 bridgehead atoms. The van der Waals surface area contributed by atoms with Crippen molar-refractivity contribution >= 4 is 6.08 Å². The monoisotopic (exact) mass is 288 g/mol. The maximum Gasteiger partial charge on any atom is 0.0991 e. The molecule has 3 rings (SSSR count). The molecule has 0 radical (unpaired) electrons. The first-order valence-electron chi connectivity index (χ1n) is 7.79. The van der Waals surface area contributed by atoms with Crippen molar-refractivity contribution in [3.8, 4) is 6.07 Å². The number of piperidine rings is 1. The minimum Gasteiger partial charge on any atom is -0.295 e. The van der Waals surface area contributed by atoms with Gasteiger partial charge in [0, 0.05) is 13.1 Å². The van der Waals surface area contributed by atoms with Crippen LogP contribution in [0.25, 0.3) is 6.08 Å². The lowest BCUT2D eigenvalue weighted by Gasteiger charge is -2.28. The van der Waals surface area contributed by atoms with Crippen LogP contribution in [0.2, 0.25) is 0 Å². The molecule has 22 heavy (non-hydrogen) atoms. The number of rotatable bonds is 3. The van der Waals surface area contributed by atoms with Crippen molar-refractivity contribution in [3.05, 3.63) is 76.9 Å². The largest absolute Gasteiger partial charge is 0.295 e. The Labute approximate surface area is 132 Å². The van der Waals surface area contributed by atoms with E-state index in [1.54, 1.807) is 0 Å². The highest BCUT2D eigenvalue weighted by Gasteiger charge is 2.14. The summed E-state index contributed by atoms with van der Waals surface area (Å²) in [6, 6.07) is 20.7. The zero-order chi connectivity index (χ0) is 15.2. The highest BCUT2D eigenvalue weighted by molar-refractivity contribution is 5.54. The first kappa shape index (κ1) is 14.6. The summed E-state index contributed by atoms with van der Waals surface area (Å²) in [6.07, 6.45) is 4.67. The second kappa shape index (κ2) is 7.06. The van der Waals surface area contributed by atoms with Gasteiger partial charge in [-0.2, -0.15) is 5.26 Å². The average Bonchev–Trinajstić information content (AvgIpc) is 2.57. The van der Waals surface area contributed by atoms with Crippen molar-refractivity contribution in [1.29, 1.82) is 5.26 Å². The number of benzene rings is 2. The predicted octanol–water partition coefficient (Wildman–Crippen LogP) is 4.24. The van der Waals surface area contributed by atoms with Crippen LogP contribution in [-0.2, 0) is 6.54 Å². The van der Waals surface area contributed by atoms with Crippen LogP contribution in [-0.4, -0.2) is 18.0 Å². The summed E-state index contributed by atoms with van der Waals surface area (Å²) in [5.41, 5.74) is 4.76. The van der Waals surface area contributed by atoms with E-state index in [-0.39, 0.29) is 0 Å². The lowest BCUT2D eigenvalue weighted by atomic mass is 10.0. The summed E-state index contributed by atoms with van der Waals surface area (Å²) in [4.78, 5) is 2.51. The van der Waals surface area contributed by atoms with E-state index in [1.807, 2.05) is 24.3 Å². The number of nitrogens with zero attached hydrogens (tertiary/aromatic N) is 2. The Hall–Kier alpha value is -2.37. The first-order valence-corrected chi connectivity index (χ1v) is 7.79. The molecule has 1 heterocycles.